The number of hydrogen-bond acceptors (Lipinski definition) is 2. The molecule has 23 heavy (non-hydrogen) atoms. The summed E-state index contributed by atoms with van der Waals surface area (Å²) in [6, 6.07) is 19.8. The lowest BCUT2D eigenvalue weighted by Crippen LogP contribution is -2.22. The molecule has 1 aliphatic carbocycles. The molecule has 2 aromatic rings. The molecular formula is C20H23FO2. The third kappa shape index (κ3) is 4.40. The molecule has 0 amide bonds. The van der Waals surface area contributed by atoms with Gasteiger partial charge in [-0.05, 0) is 30.4 Å². The minimum absolute atomic E-state index is 0.0644. The Morgan fingerprint density at radius 3 is 2.30 bits per heavy atom. The highest BCUT2D eigenvalue weighted by atomic mass is 19.1. The summed E-state index contributed by atoms with van der Waals surface area (Å²) < 4.78 is 20.1. The van der Waals surface area contributed by atoms with Gasteiger partial charge in [0, 0.05) is 5.92 Å². The number of benzene rings is 2. The fourth-order valence-electron chi connectivity index (χ4n) is 3.03. The Balaban J connectivity index is 1.40. The first-order valence-corrected chi connectivity index (χ1v) is 8.20. The molecule has 3 rings (SSSR count). The summed E-state index contributed by atoms with van der Waals surface area (Å²) in [5.41, 5.74) is 0.861. The van der Waals surface area contributed by atoms with E-state index in [2.05, 4.69) is 0 Å². The highest BCUT2D eigenvalue weighted by Crippen LogP contribution is 2.50. The van der Waals surface area contributed by atoms with Crippen molar-refractivity contribution in [2.24, 2.45) is 5.92 Å². The van der Waals surface area contributed by atoms with Crippen molar-refractivity contribution < 1.29 is 14.2 Å². The normalized spacial score (nSPS) is 24.3. The fourth-order valence-corrected chi connectivity index (χ4v) is 3.03. The van der Waals surface area contributed by atoms with Crippen LogP contribution >= 0.6 is 0 Å². The summed E-state index contributed by atoms with van der Waals surface area (Å²) in [4.78, 5) is 0. The van der Waals surface area contributed by atoms with E-state index in [1.54, 1.807) is 0 Å². The first-order chi connectivity index (χ1) is 11.2. The van der Waals surface area contributed by atoms with Gasteiger partial charge in [0.25, 0.3) is 0 Å². The fraction of sp³-hybridized carbons (Fsp3) is 0.400. The zero-order valence-electron chi connectivity index (χ0n) is 13.2. The average Bonchev–Trinajstić information content (AvgIpc) is 3.26. The highest BCUT2D eigenvalue weighted by Gasteiger charge is 2.58. The van der Waals surface area contributed by atoms with Gasteiger partial charge in [-0.1, -0.05) is 60.7 Å². The Morgan fingerprint density at radius 1 is 1.04 bits per heavy atom. The number of aryl methyl sites for hydroxylation is 1. The van der Waals surface area contributed by atoms with Crippen molar-refractivity contribution in [2.45, 2.75) is 37.6 Å². The summed E-state index contributed by atoms with van der Waals surface area (Å²) in [6.07, 6.45) is 1.18. The molecule has 3 unspecified atom stereocenters. The second-order valence-electron chi connectivity index (χ2n) is 6.42. The van der Waals surface area contributed by atoms with Crippen LogP contribution in [-0.4, -0.2) is 23.5 Å². The number of hydrogen-bond donors (Lipinski definition) is 1. The molecule has 0 saturated heterocycles. The lowest BCUT2D eigenvalue weighted by Gasteiger charge is -2.14. The Bertz CT molecular complexity index is 602. The van der Waals surface area contributed by atoms with Crippen molar-refractivity contribution in [3.63, 3.8) is 0 Å². The van der Waals surface area contributed by atoms with Crippen molar-refractivity contribution in [1.29, 1.82) is 0 Å². The standard InChI is InChI=1S/C20H23FO2/c21-20(15-23-14-17-9-5-2-6-10-17)13-18(20)19(22)12-11-16-7-3-1-4-8-16/h1-10,18-19,22H,11-15H2. The number of aliphatic hydroxyl groups is 1. The molecule has 122 valence electrons. The van der Waals surface area contributed by atoms with Crippen LogP contribution in [0.15, 0.2) is 60.7 Å². The molecule has 3 heteroatoms. The average molecular weight is 314 g/mol. The SMILES string of the molecule is OC(CCc1ccccc1)C1CC1(F)COCc1ccccc1. The molecule has 2 aromatic carbocycles. The summed E-state index contributed by atoms with van der Waals surface area (Å²) >= 11 is 0. The van der Waals surface area contributed by atoms with Gasteiger partial charge < -0.3 is 9.84 Å². The van der Waals surface area contributed by atoms with Crippen LogP contribution in [0.5, 0.6) is 0 Å². The van der Waals surface area contributed by atoms with E-state index < -0.39 is 11.8 Å². The molecule has 2 nitrogen and oxygen atoms in total. The van der Waals surface area contributed by atoms with E-state index in [1.165, 1.54) is 5.56 Å². The van der Waals surface area contributed by atoms with Crippen molar-refractivity contribution in [3.05, 3.63) is 71.8 Å². The van der Waals surface area contributed by atoms with Crippen molar-refractivity contribution in [2.75, 3.05) is 6.61 Å². The van der Waals surface area contributed by atoms with E-state index in [0.29, 0.717) is 19.4 Å². The molecule has 1 aliphatic rings. The van der Waals surface area contributed by atoms with E-state index in [1.807, 2.05) is 60.7 Å². The second kappa shape index (κ2) is 7.24. The second-order valence-corrected chi connectivity index (χ2v) is 6.42. The smallest absolute Gasteiger partial charge is 0.140 e. The van der Waals surface area contributed by atoms with E-state index in [0.717, 1.165) is 12.0 Å². The van der Waals surface area contributed by atoms with Crippen LogP contribution in [-0.2, 0) is 17.8 Å². The first-order valence-electron chi connectivity index (χ1n) is 8.20. The van der Waals surface area contributed by atoms with Gasteiger partial charge in [0.2, 0.25) is 0 Å². The zero-order valence-corrected chi connectivity index (χ0v) is 13.2. The summed E-state index contributed by atoms with van der Waals surface area (Å²) in [7, 11) is 0. The van der Waals surface area contributed by atoms with Gasteiger partial charge >= 0.3 is 0 Å². The third-order valence-corrected chi connectivity index (χ3v) is 4.55. The minimum atomic E-state index is -1.36. The number of aliphatic hydroxyl groups excluding tert-OH is 1. The quantitative estimate of drug-likeness (QED) is 0.800. The Hall–Kier alpha value is -1.71. The van der Waals surface area contributed by atoms with Crippen molar-refractivity contribution in [3.8, 4) is 0 Å². The van der Waals surface area contributed by atoms with E-state index in [9.17, 15) is 9.50 Å². The maximum absolute atomic E-state index is 14.6. The van der Waals surface area contributed by atoms with E-state index in [4.69, 9.17) is 4.74 Å². The Labute approximate surface area is 136 Å². The van der Waals surface area contributed by atoms with Crippen LogP contribution in [0, 0.1) is 5.92 Å². The largest absolute Gasteiger partial charge is 0.393 e. The van der Waals surface area contributed by atoms with Gasteiger partial charge in [-0.2, -0.15) is 0 Å². The highest BCUT2D eigenvalue weighted by molar-refractivity contribution is 5.16. The molecular weight excluding hydrogens is 291 g/mol. The Morgan fingerprint density at radius 2 is 1.65 bits per heavy atom. The maximum Gasteiger partial charge on any atom is 0.140 e. The lowest BCUT2D eigenvalue weighted by atomic mass is 10.0. The molecule has 0 heterocycles. The predicted octanol–water partition coefficient (Wildman–Crippen LogP) is 3.93. The molecule has 1 fully saturated rings. The summed E-state index contributed by atoms with van der Waals surface area (Å²) in [5, 5.41) is 10.2. The molecule has 0 bridgehead atoms. The topological polar surface area (TPSA) is 29.5 Å². The van der Waals surface area contributed by atoms with Crippen molar-refractivity contribution in [1.82, 2.24) is 0 Å². The monoisotopic (exact) mass is 314 g/mol. The van der Waals surface area contributed by atoms with E-state index >= 15 is 0 Å². The van der Waals surface area contributed by atoms with Crippen LogP contribution in [0.2, 0.25) is 0 Å². The Kier molecular flexibility index (Phi) is 5.09. The molecule has 0 aromatic heterocycles. The van der Waals surface area contributed by atoms with Gasteiger partial charge in [-0.15, -0.1) is 0 Å². The molecule has 0 aliphatic heterocycles. The minimum Gasteiger partial charge on any atom is -0.393 e. The van der Waals surface area contributed by atoms with Crippen LogP contribution in [0.4, 0.5) is 4.39 Å². The number of ether oxygens (including phenoxy) is 1. The number of halogens is 1. The predicted molar refractivity (Wildman–Crippen MR) is 88.8 cm³/mol. The lowest BCUT2D eigenvalue weighted by molar-refractivity contribution is 0.0315. The van der Waals surface area contributed by atoms with Gasteiger partial charge in [0.15, 0.2) is 0 Å². The maximum atomic E-state index is 14.6. The van der Waals surface area contributed by atoms with Crippen LogP contribution in [0.1, 0.15) is 24.0 Å². The van der Waals surface area contributed by atoms with Gasteiger partial charge in [0.05, 0.1) is 19.3 Å². The molecule has 1 saturated carbocycles. The molecule has 0 radical (unpaired) electrons. The first kappa shape index (κ1) is 16.2. The van der Waals surface area contributed by atoms with E-state index in [-0.39, 0.29) is 12.5 Å². The van der Waals surface area contributed by atoms with Gasteiger partial charge in [0.1, 0.15) is 5.67 Å². The molecule has 1 N–H and O–H groups in total. The van der Waals surface area contributed by atoms with Gasteiger partial charge in [-0.3, -0.25) is 0 Å². The third-order valence-electron chi connectivity index (χ3n) is 4.55. The number of alkyl halides is 1. The number of rotatable bonds is 8. The van der Waals surface area contributed by atoms with Crippen molar-refractivity contribution >= 4 is 0 Å². The summed E-state index contributed by atoms with van der Waals surface area (Å²) in [6.45, 7) is 0.480. The zero-order chi connectivity index (χ0) is 16.1. The molecule has 3 atom stereocenters. The van der Waals surface area contributed by atoms with Crippen LogP contribution in [0.3, 0.4) is 0 Å². The van der Waals surface area contributed by atoms with Crippen LogP contribution in [0.25, 0.3) is 0 Å². The summed E-state index contributed by atoms with van der Waals surface area (Å²) in [5.74, 6) is -0.290. The van der Waals surface area contributed by atoms with Crippen LogP contribution < -0.4 is 0 Å². The van der Waals surface area contributed by atoms with Gasteiger partial charge in [-0.25, -0.2) is 4.39 Å². The molecule has 0 spiro atoms.